The summed E-state index contributed by atoms with van der Waals surface area (Å²) in [5.74, 6) is 0.910. The highest BCUT2D eigenvalue weighted by atomic mass is 15.1. The van der Waals surface area contributed by atoms with Crippen LogP contribution in [-0.2, 0) is 0 Å². The molecule has 0 aliphatic carbocycles. The van der Waals surface area contributed by atoms with Gasteiger partial charge in [-0.25, -0.2) is 4.98 Å². The molecule has 0 atom stereocenters. The van der Waals surface area contributed by atoms with Gasteiger partial charge in [0.15, 0.2) is 0 Å². The molecule has 0 fully saturated rings. The van der Waals surface area contributed by atoms with E-state index in [2.05, 4.69) is 155 Å². The number of benzene rings is 5. The van der Waals surface area contributed by atoms with E-state index in [0.29, 0.717) is 0 Å². The first kappa shape index (κ1) is 22.6. The molecule has 0 aliphatic rings. The number of hydrogen-bond donors (Lipinski definition) is 0. The number of aromatic nitrogens is 3. The number of rotatable bonds is 4. The molecule has 0 saturated heterocycles. The Morgan fingerprint density at radius 2 is 1.07 bits per heavy atom. The zero-order valence-electron chi connectivity index (χ0n) is 21.8. The minimum Gasteiger partial charge on any atom is -0.317 e. The predicted molar refractivity (Wildman–Crippen MR) is 166 cm³/mol. The first-order chi connectivity index (χ1) is 19.8. The molecule has 3 heteroatoms. The molecule has 3 nitrogen and oxygen atoms in total. The van der Waals surface area contributed by atoms with E-state index in [-0.39, 0.29) is 0 Å². The van der Waals surface area contributed by atoms with Gasteiger partial charge in [0.05, 0.1) is 22.2 Å². The van der Waals surface area contributed by atoms with Gasteiger partial charge in [-0.3, -0.25) is 4.57 Å². The topological polar surface area (TPSA) is 22.8 Å². The standard InChI is InChI=1S/C37H25N3/c1-4-12-26(13-5-1)28-24-32(27-14-6-2-7-15-27)38-36(25-28)40-34-19-11-10-18-30(34)37-31-22-23-39(29-16-8-3-9-17-29)33(31)20-21-35(37)40/h1-25H. The number of pyridine rings is 1. The molecular weight excluding hydrogens is 486 g/mol. The highest BCUT2D eigenvalue weighted by Gasteiger charge is 2.18. The van der Waals surface area contributed by atoms with Gasteiger partial charge >= 0.3 is 0 Å². The van der Waals surface area contributed by atoms with E-state index < -0.39 is 0 Å². The van der Waals surface area contributed by atoms with E-state index in [1.165, 1.54) is 27.2 Å². The lowest BCUT2D eigenvalue weighted by Crippen LogP contribution is -2.00. The van der Waals surface area contributed by atoms with E-state index >= 15 is 0 Å². The highest BCUT2D eigenvalue weighted by molar-refractivity contribution is 6.21. The second kappa shape index (κ2) is 9.11. The third-order valence-corrected chi connectivity index (χ3v) is 7.76. The Bertz CT molecular complexity index is 2080. The summed E-state index contributed by atoms with van der Waals surface area (Å²) < 4.78 is 4.59. The van der Waals surface area contributed by atoms with Crippen molar-refractivity contribution in [2.24, 2.45) is 0 Å². The van der Waals surface area contributed by atoms with Crippen molar-refractivity contribution >= 4 is 32.7 Å². The van der Waals surface area contributed by atoms with Crippen LogP contribution in [0.25, 0.3) is 66.6 Å². The maximum atomic E-state index is 5.26. The van der Waals surface area contributed by atoms with Crippen molar-refractivity contribution in [3.63, 3.8) is 0 Å². The summed E-state index contributed by atoms with van der Waals surface area (Å²) in [6, 6.07) is 51.3. The average Bonchev–Trinajstić information content (AvgIpc) is 3.61. The van der Waals surface area contributed by atoms with Crippen LogP contribution in [0, 0.1) is 0 Å². The van der Waals surface area contributed by atoms with Crippen LogP contribution in [-0.4, -0.2) is 14.1 Å². The number of fused-ring (bicyclic) bond motifs is 5. The Labute approximate surface area is 232 Å². The molecule has 8 aromatic rings. The fraction of sp³-hybridized carbons (Fsp3) is 0. The van der Waals surface area contributed by atoms with Crippen molar-refractivity contribution in [2.75, 3.05) is 0 Å². The van der Waals surface area contributed by atoms with Gasteiger partial charge in [-0.05, 0) is 59.7 Å². The Morgan fingerprint density at radius 1 is 0.450 bits per heavy atom. The van der Waals surface area contributed by atoms with Crippen LogP contribution in [0.5, 0.6) is 0 Å². The highest BCUT2D eigenvalue weighted by Crippen LogP contribution is 2.38. The van der Waals surface area contributed by atoms with E-state index in [1.54, 1.807) is 0 Å². The Balaban J connectivity index is 1.44. The smallest absolute Gasteiger partial charge is 0.138 e. The quantitative estimate of drug-likeness (QED) is 0.231. The second-order valence-corrected chi connectivity index (χ2v) is 10.1. The first-order valence-electron chi connectivity index (χ1n) is 13.6. The third kappa shape index (κ3) is 3.56. The van der Waals surface area contributed by atoms with Crippen LogP contribution in [0.4, 0.5) is 0 Å². The van der Waals surface area contributed by atoms with Crippen molar-refractivity contribution in [2.45, 2.75) is 0 Å². The van der Waals surface area contributed by atoms with Crippen molar-refractivity contribution < 1.29 is 0 Å². The van der Waals surface area contributed by atoms with E-state index in [9.17, 15) is 0 Å². The van der Waals surface area contributed by atoms with Crippen LogP contribution in [0.3, 0.4) is 0 Å². The van der Waals surface area contributed by atoms with Gasteiger partial charge in [-0.15, -0.1) is 0 Å². The van der Waals surface area contributed by atoms with Crippen molar-refractivity contribution in [1.29, 1.82) is 0 Å². The summed E-state index contributed by atoms with van der Waals surface area (Å²) in [5, 5.41) is 3.71. The molecule has 0 N–H and O–H groups in total. The Morgan fingerprint density at radius 3 is 1.85 bits per heavy atom. The van der Waals surface area contributed by atoms with Crippen LogP contribution in [0.1, 0.15) is 0 Å². The van der Waals surface area contributed by atoms with Gasteiger partial charge in [0.1, 0.15) is 5.82 Å². The number of hydrogen-bond acceptors (Lipinski definition) is 1. The molecule has 0 amide bonds. The molecule has 0 spiro atoms. The van der Waals surface area contributed by atoms with E-state index in [4.69, 9.17) is 4.98 Å². The minimum absolute atomic E-state index is 0.910. The van der Waals surface area contributed by atoms with Crippen molar-refractivity contribution in [1.82, 2.24) is 14.1 Å². The monoisotopic (exact) mass is 511 g/mol. The average molecular weight is 512 g/mol. The summed E-state index contributed by atoms with van der Waals surface area (Å²) >= 11 is 0. The maximum absolute atomic E-state index is 5.26. The molecule has 5 aromatic carbocycles. The molecule has 40 heavy (non-hydrogen) atoms. The maximum Gasteiger partial charge on any atom is 0.138 e. The summed E-state index contributed by atoms with van der Waals surface area (Å²) in [5.41, 5.74) is 9.02. The van der Waals surface area contributed by atoms with Gasteiger partial charge in [0.2, 0.25) is 0 Å². The zero-order chi connectivity index (χ0) is 26.5. The minimum atomic E-state index is 0.910. The summed E-state index contributed by atoms with van der Waals surface area (Å²) in [4.78, 5) is 5.26. The summed E-state index contributed by atoms with van der Waals surface area (Å²) in [6.45, 7) is 0. The first-order valence-corrected chi connectivity index (χ1v) is 13.6. The van der Waals surface area contributed by atoms with E-state index in [1.807, 2.05) is 6.07 Å². The summed E-state index contributed by atoms with van der Waals surface area (Å²) in [6.07, 6.45) is 2.17. The molecule has 0 aliphatic heterocycles. The van der Waals surface area contributed by atoms with Gasteiger partial charge in [-0.2, -0.15) is 0 Å². The molecule has 0 radical (unpaired) electrons. The van der Waals surface area contributed by atoms with Crippen molar-refractivity contribution in [3.05, 3.63) is 152 Å². The van der Waals surface area contributed by atoms with Gasteiger partial charge in [0.25, 0.3) is 0 Å². The largest absolute Gasteiger partial charge is 0.317 e. The number of para-hydroxylation sites is 2. The zero-order valence-corrected chi connectivity index (χ0v) is 21.8. The van der Waals surface area contributed by atoms with Crippen molar-refractivity contribution in [3.8, 4) is 33.9 Å². The van der Waals surface area contributed by atoms with E-state index in [0.717, 1.165) is 39.4 Å². The lowest BCUT2D eigenvalue weighted by Gasteiger charge is -2.13. The van der Waals surface area contributed by atoms with Gasteiger partial charge in [-0.1, -0.05) is 97.1 Å². The van der Waals surface area contributed by atoms with Crippen LogP contribution in [0.15, 0.2) is 152 Å². The van der Waals surface area contributed by atoms with Crippen LogP contribution in [0.2, 0.25) is 0 Å². The molecule has 0 bridgehead atoms. The number of nitrogens with zero attached hydrogens (tertiary/aromatic N) is 3. The Kier molecular flexibility index (Phi) is 5.14. The van der Waals surface area contributed by atoms with Crippen LogP contribution < -0.4 is 0 Å². The van der Waals surface area contributed by atoms with Gasteiger partial charge in [0, 0.05) is 33.6 Å². The molecule has 3 aromatic heterocycles. The lowest BCUT2D eigenvalue weighted by molar-refractivity contribution is 1.08. The molecule has 0 saturated carbocycles. The molecule has 188 valence electrons. The van der Waals surface area contributed by atoms with Crippen LogP contribution >= 0.6 is 0 Å². The SMILES string of the molecule is c1ccc(-c2cc(-c3ccccc3)nc(-n3c4ccccc4c4c5ccn(-c6ccccc6)c5ccc43)c2)cc1. The summed E-state index contributed by atoms with van der Waals surface area (Å²) in [7, 11) is 0. The third-order valence-electron chi connectivity index (χ3n) is 7.76. The van der Waals surface area contributed by atoms with Gasteiger partial charge < -0.3 is 4.57 Å². The molecule has 0 unspecified atom stereocenters. The second-order valence-electron chi connectivity index (χ2n) is 10.1. The predicted octanol–water partition coefficient (Wildman–Crippen LogP) is 9.46. The fourth-order valence-corrected chi connectivity index (χ4v) is 5.93. The molecule has 3 heterocycles. The lowest BCUT2D eigenvalue weighted by atomic mass is 10.0. The fourth-order valence-electron chi connectivity index (χ4n) is 5.93. The Hall–Kier alpha value is -5.41. The molecular formula is C37H25N3. The molecule has 8 rings (SSSR count). The normalized spacial score (nSPS) is 11.5.